The lowest BCUT2D eigenvalue weighted by Gasteiger charge is -2.11. The number of hydrogen-bond acceptors (Lipinski definition) is 2. The number of nitrogens with zero attached hydrogens (tertiary/aromatic N) is 1. The zero-order chi connectivity index (χ0) is 10.6. The molecule has 1 aromatic rings. The van der Waals surface area contributed by atoms with Crippen LogP contribution in [0.3, 0.4) is 0 Å². The Bertz CT molecular complexity index is 362. The fourth-order valence-corrected chi connectivity index (χ4v) is 1.85. The number of rotatable bonds is 3. The summed E-state index contributed by atoms with van der Waals surface area (Å²) in [5.74, 6) is 0. The van der Waals surface area contributed by atoms with Gasteiger partial charge in [-0.2, -0.15) is 5.26 Å². The average molecular weight is 275 g/mol. The van der Waals surface area contributed by atoms with E-state index in [0.29, 0.717) is 17.2 Å². The highest BCUT2D eigenvalue weighted by atomic mass is 79.9. The third-order valence-corrected chi connectivity index (χ3v) is 2.52. The van der Waals surface area contributed by atoms with Crippen LogP contribution in [0.4, 0.5) is 0 Å². The number of ether oxygens (including phenoxy) is 1. The van der Waals surface area contributed by atoms with Gasteiger partial charge < -0.3 is 4.74 Å². The highest BCUT2D eigenvalue weighted by Gasteiger charge is 2.13. The Labute approximate surface area is 96.6 Å². The van der Waals surface area contributed by atoms with Crippen molar-refractivity contribution in [3.05, 3.63) is 33.3 Å². The molecular weight excluding hydrogens is 265 g/mol. The zero-order valence-electron chi connectivity index (χ0n) is 7.63. The first-order valence-electron chi connectivity index (χ1n) is 4.15. The van der Waals surface area contributed by atoms with Crippen molar-refractivity contribution in [3.63, 3.8) is 0 Å². The topological polar surface area (TPSA) is 33.0 Å². The number of nitriles is 1. The lowest BCUT2D eigenvalue weighted by Crippen LogP contribution is -2.02. The molecule has 0 bridgehead atoms. The van der Waals surface area contributed by atoms with E-state index in [2.05, 4.69) is 22.0 Å². The van der Waals surface area contributed by atoms with E-state index in [0.717, 1.165) is 4.47 Å². The molecule has 74 valence electrons. The third-order valence-electron chi connectivity index (χ3n) is 1.70. The molecule has 0 fully saturated rings. The Morgan fingerprint density at radius 3 is 2.86 bits per heavy atom. The fourth-order valence-electron chi connectivity index (χ4n) is 1.08. The smallest absolute Gasteiger partial charge is 0.170 e. The summed E-state index contributed by atoms with van der Waals surface area (Å²) in [6.07, 6.45) is -0.583. The van der Waals surface area contributed by atoms with Crippen LogP contribution in [0.1, 0.15) is 18.6 Å². The first-order chi connectivity index (χ1) is 6.69. The van der Waals surface area contributed by atoms with Crippen molar-refractivity contribution in [1.82, 2.24) is 0 Å². The van der Waals surface area contributed by atoms with E-state index in [1.54, 1.807) is 12.1 Å². The van der Waals surface area contributed by atoms with Gasteiger partial charge in [0.15, 0.2) is 6.10 Å². The molecule has 0 spiro atoms. The molecule has 0 aliphatic carbocycles. The molecule has 0 heterocycles. The van der Waals surface area contributed by atoms with E-state index in [1.807, 2.05) is 13.0 Å². The molecule has 0 aliphatic heterocycles. The summed E-state index contributed by atoms with van der Waals surface area (Å²) >= 11 is 9.28. The minimum Gasteiger partial charge on any atom is -0.359 e. The number of hydrogen-bond donors (Lipinski definition) is 0. The van der Waals surface area contributed by atoms with E-state index < -0.39 is 6.10 Å². The maximum atomic E-state index is 8.86. The molecule has 1 aromatic carbocycles. The summed E-state index contributed by atoms with van der Waals surface area (Å²) in [5, 5.41) is 9.40. The molecule has 0 saturated carbocycles. The van der Waals surface area contributed by atoms with Crippen molar-refractivity contribution in [1.29, 1.82) is 5.26 Å². The van der Waals surface area contributed by atoms with Gasteiger partial charge in [-0.1, -0.05) is 33.6 Å². The highest BCUT2D eigenvalue weighted by molar-refractivity contribution is 9.10. The van der Waals surface area contributed by atoms with Crippen LogP contribution in [0.2, 0.25) is 5.02 Å². The minimum atomic E-state index is -0.583. The van der Waals surface area contributed by atoms with Crippen LogP contribution in [-0.2, 0) is 4.74 Å². The summed E-state index contributed by atoms with van der Waals surface area (Å²) in [4.78, 5) is 0. The Morgan fingerprint density at radius 1 is 1.64 bits per heavy atom. The minimum absolute atomic E-state index is 0.491. The van der Waals surface area contributed by atoms with E-state index in [4.69, 9.17) is 21.6 Å². The van der Waals surface area contributed by atoms with Crippen LogP contribution in [-0.4, -0.2) is 6.61 Å². The first-order valence-corrected chi connectivity index (χ1v) is 5.32. The Morgan fingerprint density at radius 2 is 2.36 bits per heavy atom. The van der Waals surface area contributed by atoms with Crippen molar-refractivity contribution < 1.29 is 4.74 Å². The van der Waals surface area contributed by atoms with Gasteiger partial charge in [-0.25, -0.2) is 0 Å². The highest BCUT2D eigenvalue weighted by Crippen LogP contribution is 2.28. The fraction of sp³-hybridized carbons (Fsp3) is 0.300. The van der Waals surface area contributed by atoms with Crippen molar-refractivity contribution in [2.24, 2.45) is 0 Å². The van der Waals surface area contributed by atoms with Gasteiger partial charge in [0.25, 0.3) is 0 Å². The van der Waals surface area contributed by atoms with E-state index in [-0.39, 0.29) is 0 Å². The SMILES string of the molecule is CCOC(C#N)c1ccc(Br)cc1Cl. The second-order valence-electron chi connectivity index (χ2n) is 2.63. The molecule has 0 amide bonds. The summed E-state index contributed by atoms with van der Waals surface area (Å²) in [6, 6.07) is 7.43. The first kappa shape index (κ1) is 11.5. The maximum Gasteiger partial charge on any atom is 0.170 e. The van der Waals surface area contributed by atoms with E-state index in [9.17, 15) is 0 Å². The van der Waals surface area contributed by atoms with Crippen LogP contribution in [0.25, 0.3) is 0 Å². The van der Waals surface area contributed by atoms with Gasteiger partial charge in [-0.15, -0.1) is 0 Å². The Balaban J connectivity index is 3.00. The molecule has 0 saturated heterocycles. The quantitative estimate of drug-likeness (QED) is 0.842. The summed E-state index contributed by atoms with van der Waals surface area (Å²) in [6.45, 7) is 2.34. The van der Waals surface area contributed by atoms with Gasteiger partial charge in [-0.05, 0) is 19.1 Å². The Hall–Kier alpha value is -0.560. The van der Waals surface area contributed by atoms with Crippen LogP contribution in [0.5, 0.6) is 0 Å². The van der Waals surface area contributed by atoms with E-state index >= 15 is 0 Å². The lowest BCUT2D eigenvalue weighted by molar-refractivity contribution is 0.102. The largest absolute Gasteiger partial charge is 0.359 e. The maximum absolute atomic E-state index is 8.86. The molecule has 1 atom stereocenters. The molecule has 2 nitrogen and oxygen atoms in total. The summed E-state index contributed by atoms with van der Waals surface area (Å²) in [5.41, 5.74) is 0.708. The van der Waals surface area contributed by atoms with Crippen LogP contribution < -0.4 is 0 Å². The van der Waals surface area contributed by atoms with Gasteiger partial charge in [0.2, 0.25) is 0 Å². The van der Waals surface area contributed by atoms with Gasteiger partial charge in [-0.3, -0.25) is 0 Å². The number of benzene rings is 1. The van der Waals surface area contributed by atoms with Crippen molar-refractivity contribution in [3.8, 4) is 6.07 Å². The van der Waals surface area contributed by atoms with Gasteiger partial charge in [0.05, 0.1) is 6.07 Å². The van der Waals surface area contributed by atoms with Crippen molar-refractivity contribution >= 4 is 27.5 Å². The predicted octanol–water partition coefficient (Wildman–Crippen LogP) is 3.70. The summed E-state index contributed by atoms with van der Waals surface area (Å²) < 4.78 is 6.13. The molecule has 14 heavy (non-hydrogen) atoms. The molecule has 0 aliphatic rings. The predicted molar refractivity (Wildman–Crippen MR) is 59.1 cm³/mol. The molecule has 0 radical (unpaired) electrons. The second kappa shape index (κ2) is 5.35. The van der Waals surface area contributed by atoms with E-state index in [1.165, 1.54) is 0 Å². The van der Waals surface area contributed by atoms with Gasteiger partial charge >= 0.3 is 0 Å². The molecule has 1 unspecified atom stereocenters. The zero-order valence-corrected chi connectivity index (χ0v) is 9.97. The molecule has 0 aromatic heterocycles. The summed E-state index contributed by atoms with van der Waals surface area (Å²) in [7, 11) is 0. The van der Waals surface area contributed by atoms with Crippen LogP contribution in [0.15, 0.2) is 22.7 Å². The van der Waals surface area contributed by atoms with Gasteiger partial charge in [0.1, 0.15) is 0 Å². The monoisotopic (exact) mass is 273 g/mol. The standard InChI is InChI=1S/C10H9BrClNO/c1-2-14-10(6-13)8-4-3-7(11)5-9(8)12/h3-5,10H,2H2,1H3. The average Bonchev–Trinajstić information content (AvgIpc) is 2.15. The molecule has 4 heteroatoms. The molecular formula is C10H9BrClNO. The normalized spacial score (nSPS) is 12.1. The molecule has 0 N–H and O–H groups in total. The lowest BCUT2D eigenvalue weighted by atomic mass is 10.1. The van der Waals surface area contributed by atoms with Crippen LogP contribution in [0, 0.1) is 11.3 Å². The number of halogens is 2. The molecule has 1 rings (SSSR count). The third kappa shape index (κ3) is 2.71. The van der Waals surface area contributed by atoms with Crippen LogP contribution >= 0.6 is 27.5 Å². The van der Waals surface area contributed by atoms with Gasteiger partial charge in [0, 0.05) is 21.7 Å². The van der Waals surface area contributed by atoms with Crippen molar-refractivity contribution in [2.75, 3.05) is 6.61 Å². The van der Waals surface area contributed by atoms with Crippen molar-refractivity contribution in [2.45, 2.75) is 13.0 Å². The Kier molecular flexibility index (Phi) is 4.40. The second-order valence-corrected chi connectivity index (χ2v) is 3.95.